The van der Waals surface area contributed by atoms with Gasteiger partial charge in [-0.15, -0.1) is 0 Å². The molecule has 274 valence electrons. The SMILES string of the molecule is CCCCCCCCC(CCCCCC)COC(=O)CCCCCCCCCN(CCCCO)CCCCCCCCCC(=O)O. The van der Waals surface area contributed by atoms with Crippen molar-refractivity contribution in [2.24, 2.45) is 5.92 Å². The number of carbonyl (C=O) groups is 2. The normalized spacial score (nSPS) is 12.2. The summed E-state index contributed by atoms with van der Waals surface area (Å²) in [6.45, 7) is 8.84. The van der Waals surface area contributed by atoms with Gasteiger partial charge in [-0.2, -0.15) is 0 Å². The number of unbranched alkanes of at least 4 members (excludes halogenated alkanes) is 21. The molecule has 6 heteroatoms. The second kappa shape index (κ2) is 36.7. The molecule has 0 aromatic carbocycles. The van der Waals surface area contributed by atoms with E-state index in [0.29, 0.717) is 25.4 Å². The van der Waals surface area contributed by atoms with Gasteiger partial charge in [-0.05, 0) is 76.9 Å². The van der Waals surface area contributed by atoms with Crippen LogP contribution >= 0.6 is 0 Å². The van der Waals surface area contributed by atoms with Gasteiger partial charge in [0.05, 0.1) is 6.61 Å². The molecule has 0 saturated carbocycles. The number of hydrogen-bond acceptors (Lipinski definition) is 5. The minimum Gasteiger partial charge on any atom is -0.481 e. The Labute approximate surface area is 286 Å². The average molecular weight is 654 g/mol. The van der Waals surface area contributed by atoms with Gasteiger partial charge in [-0.3, -0.25) is 9.59 Å². The highest BCUT2D eigenvalue weighted by Gasteiger charge is 2.12. The first kappa shape index (κ1) is 44.9. The van der Waals surface area contributed by atoms with E-state index in [-0.39, 0.29) is 12.6 Å². The predicted molar refractivity (Wildman–Crippen MR) is 195 cm³/mol. The standard InChI is InChI=1S/C40H79NO5/c1-3-5-7-9-16-22-30-38(29-21-8-6-4-2)37-46-40(45)32-24-18-13-11-15-20-26-34-41(35-27-28-36-42)33-25-19-14-10-12-17-23-31-39(43)44/h38,42H,3-37H2,1-2H3,(H,43,44). The number of aliphatic hydroxyl groups is 1. The maximum atomic E-state index is 12.4. The van der Waals surface area contributed by atoms with Crippen LogP contribution in [0.25, 0.3) is 0 Å². The number of nitrogens with zero attached hydrogens (tertiary/aromatic N) is 1. The molecule has 0 rings (SSSR count). The molecule has 1 atom stereocenters. The van der Waals surface area contributed by atoms with Crippen molar-refractivity contribution in [1.82, 2.24) is 4.90 Å². The molecule has 0 aliphatic carbocycles. The summed E-state index contributed by atoms with van der Waals surface area (Å²) in [5.74, 6) is -0.120. The molecule has 0 aromatic heterocycles. The van der Waals surface area contributed by atoms with Gasteiger partial charge < -0.3 is 19.8 Å². The molecule has 0 aromatic rings. The zero-order valence-electron chi connectivity index (χ0n) is 30.9. The molecule has 46 heavy (non-hydrogen) atoms. The summed E-state index contributed by atoms with van der Waals surface area (Å²) in [4.78, 5) is 25.6. The number of aliphatic carboxylic acids is 1. The highest BCUT2D eigenvalue weighted by molar-refractivity contribution is 5.69. The maximum absolute atomic E-state index is 12.4. The van der Waals surface area contributed by atoms with Crippen molar-refractivity contribution in [2.45, 2.75) is 206 Å². The second-order valence-corrected chi connectivity index (χ2v) is 14.1. The molecule has 0 heterocycles. The monoisotopic (exact) mass is 654 g/mol. The van der Waals surface area contributed by atoms with Gasteiger partial charge in [0.25, 0.3) is 0 Å². The van der Waals surface area contributed by atoms with Crippen LogP contribution in [-0.4, -0.2) is 59.9 Å². The number of carboxylic acid groups (broad SMARTS) is 1. The molecular weight excluding hydrogens is 574 g/mol. The van der Waals surface area contributed by atoms with Crippen molar-refractivity contribution in [2.75, 3.05) is 32.8 Å². The highest BCUT2D eigenvalue weighted by atomic mass is 16.5. The van der Waals surface area contributed by atoms with E-state index in [4.69, 9.17) is 9.84 Å². The number of carboxylic acids is 1. The minimum absolute atomic E-state index is 0.0125. The van der Waals surface area contributed by atoms with Gasteiger partial charge >= 0.3 is 11.9 Å². The summed E-state index contributed by atoms with van der Waals surface area (Å²) in [6, 6.07) is 0. The van der Waals surface area contributed by atoms with E-state index >= 15 is 0 Å². The fourth-order valence-electron chi connectivity index (χ4n) is 6.43. The molecule has 0 saturated heterocycles. The number of carbonyl (C=O) groups excluding carboxylic acids is 1. The van der Waals surface area contributed by atoms with E-state index in [0.717, 1.165) is 64.6 Å². The summed E-state index contributed by atoms with van der Waals surface area (Å²) in [7, 11) is 0. The van der Waals surface area contributed by atoms with Crippen LogP contribution in [0.15, 0.2) is 0 Å². The smallest absolute Gasteiger partial charge is 0.305 e. The van der Waals surface area contributed by atoms with Crippen molar-refractivity contribution in [3.63, 3.8) is 0 Å². The third-order valence-corrected chi connectivity index (χ3v) is 9.51. The Morgan fingerprint density at radius 2 is 0.913 bits per heavy atom. The van der Waals surface area contributed by atoms with E-state index < -0.39 is 5.97 Å². The Bertz CT molecular complexity index is 643. The van der Waals surface area contributed by atoms with Crippen molar-refractivity contribution in [3.05, 3.63) is 0 Å². The fraction of sp³-hybridized carbons (Fsp3) is 0.950. The Balaban J connectivity index is 3.95. The molecule has 0 aliphatic heterocycles. The lowest BCUT2D eigenvalue weighted by Gasteiger charge is -2.22. The van der Waals surface area contributed by atoms with Gasteiger partial charge in [0, 0.05) is 19.4 Å². The lowest BCUT2D eigenvalue weighted by Crippen LogP contribution is -2.27. The molecule has 0 aliphatic rings. The Hall–Kier alpha value is -1.14. The second-order valence-electron chi connectivity index (χ2n) is 14.1. The minimum atomic E-state index is -0.680. The average Bonchev–Trinajstić information content (AvgIpc) is 3.04. The third kappa shape index (κ3) is 34.2. The summed E-state index contributed by atoms with van der Waals surface area (Å²) < 4.78 is 5.77. The lowest BCUT2D eigenvalue weighted by atomic mass is 9.95. The molecule has 6 nitrogen and oxygen atoms in total. The Kier molecular flexibility index (Phi) is 35.8. The van der Waals surface area contributed by atoms with E-state index in [1.54, 1.807) is 0 Å². The number of ether oxygens (including phenoxy) is 1. The zero-order chi connectivity index (χ0) is 33.8. The van der Waals surface area contributed by atoms with Gasteiger partial charge in [0.1, 0.15) is 0 Å². The fourth-order valence-corrected chi connectivity index (χ4v) is 6.43. The molecule has 0 spiro atoms. The van der Waals surface area contributed by atoms with E-state index in [9.17, 15) is 14.7 Å². The van der Waals surface area contributed by atoms with Crippen LogP contribution in [0.3, 0.4) is 0 Å². The first-order valence-corrected chi connectivity index (χ1v) is 20.2. The molecule has 2 N–H and O–H groups in total. The summed E-state index contributed by atoms with van der Waals surface area (Å²) in [5.41, 5.74) is 0. The van der Waals surface area contributed by atoms with Gasteiger partial charge in [0.15, 0.2) is 0 Å². The van der Waals surface area contributed by atoms with Crippen LogP contribution in [0.1, 0.15) is 206 Å². The van der Waals surface area contributed by atoms with Crippen LogP contribution in [0.5, 0.6) is 0 Å². The molecular formula is C40H79NO5. The molecule has 1 unspecified atom stereocenters. The number of aliphatic hydroxyl groups excluding tert-OH is 1. The van der Waals surface area contributed by atoms with Gasteiger partial charge in [-0.25, -0.2) is 0 Å². The van der Waals surface area contributed by atoms with Crippen LogP contribution in [-0.2, 0) is 14.3 Å². The van der Waals surface area contributed by atoms with Crippen LogP contribution in [0.2, 0.25) is 0 Å². The molecule has 0 radical (unpaired) electrons. The van der Waals surface area contributed by atoms with E-state index in [1.807, 2.05) is 0 Å². The lowest BCUT2D eigenvalue weighted by molar-refractivity contribution is -0.145. The Morgan fingerprint density at radius 1 is 0.522 bits per heavy atom. The van der Waals surface area contributed by atoms with E-state index in [1.165, 1.54) is 135 Å². The van der Waals surface area contributed by atoms with Crippen molar-refractivity contribution < 1.29 is 24.5 Å². The Morgan fingerprint density at radius 3 is 1.39 bits per heavy atom. The van der Waals surface area contributed by atoms with Gasteiger partial charge in [0.2, 0.25) is 0 Å². The predicted octanol–water partition coefficient (Wildman–Crippen LogP) is 11.3. The first-order chi connectivity index (χ1) is 22.5. The number of rotatable bonds is 38. The summed E-state index contributed by atoms with van der Waals surface area (Å²) >= 11 is 0. The van der Waals surface area contributed by atoms with Crippen molar-refractivity contribution in [3.8, 4) is 0 Å². The van der Waals surface area contributed by atoms with Crippen LogP contribution < -0.4 is 0 Å². The zero-order valence-corrected chi connectivity index (χ0v) is 30.9. The quantitative estimate of drug-likeness (QED) is 0.0509. The summed E-state index contributed by atoms with van der Waals surface area (Å²) in [6.07, 6.45) is 34.7. The summed E-state index contributed by atoms with van der Waals surface area (Å²) in [5, 5.41) is 17.9. The highest BCUT2D eigenvalue weighted by Crippen LogP contribution is 2.20. The number of esters is 1. The van der Waals surface area contributed by atoms with Crippen molar-refractivity contribution >= 4 is 11.9 Å². The number of hydrogen-bond donors (Lipinski definition) is 2. The van der Waals surface area contributed by atoms with Crippen LogP contribution in [0.4, 0.5) is 0 Å². The molecule has 0 bridgehead atoms. The first-order valence-electron chi connectivity index (χ1n) is 20.2. The third-order valence-electron chi connectivity index (χ3n) is 9.51. The van der Waals surface area contributed by atoms with Crippen LogP contribution in [0, 0.1) is 5.92 Å². The van der Waals surface area contributed by atoms with Gasteiger partial charge in [-0.1, -0.05) is 142 Å². The largest absolute Gasteiger partial charge is 0.481 e. The van der Waals surface area contributed by atoms with E-state index in [2.05, 4.69) is 18.7 Å². The van der Waals surface area contributed by atoms with Crippen molar-refractivity contribution in [1.29, 1.82) is 0 Å². The maximum Gasteiger partial charge on any atom is 0.305 e. The molecule has 0 fully saturated rings. The molecule has 0 amide bonds. The topological polar surface area (TPSA) is 87.1 Å².